The van der Waals surface area contributed by atoms with E-state index >= 15 is 0 Å². The van der Waals surface area contributed by atoms with Gasteiger partial charge in [-0.25, -0.2) is 12.7 Å². The molecule has 0 radical (unpaired) electrons. The van der Waals surface area contributed by atoms with Crippen LogP contribution in [0.25, 0.3) is 0 Å². The van der Waals surface area contributed by atoms with Crippen molar-refractivity contribution < 1.29 is 17.7 Å². The minimum absolute atomic E-state index is 0.00633. The largest absolute Gasteiger partial charge is 0.348 e. The SMILES string of the molecule is CN(C)S(=O)(=O)CCNC(=O)c1noc(C2CCCN2)n1. The second-order valence-corrected chi connectivity index (χ2v) is 7.26. The van der Waals surface area contributed by atoms with Crippen LogP contribution in [0.4, 0.5) is 0 Å². The molecule has 0 spiro atoms. The topological polar surface area (TPSA) is 117 Å². The third kappa shape index (κ3) is 3.99. The molecular formula is C11H19N5O4S. The van der Waals surface area contributed by atoms with Crippen LogP contribution < -0.4 is 10.6 Å². The molecule has 1 amide bonds. The van der Waals surface area contributed by atoms with Crippen LogP contribution in [0, 0.1) is 0 Å². The molecule has 21 heavy (non-hydrogen) atoms. The predicted octanol–water partition coefficient (Wildman–Crippen LogP) is -0.885. The summed E-state index contributed by atoms with van der Waals surface area (Å²) < 4.78 is 29.2. The van der Waals surface area contributed by atoms with Crippen LogP contribution in [0.1, 0.15) is 35.4 Å². The van der Waals surface area contributed by atoms with Crippen molar-refractivity contribution in [2.24, 2.45) is 0 Å². The Morgan fingerprint density at radius 1 is 1.52 bits per heavy atom. The molecule has 1 aromatic rings. The van der Waals surface area contributed by atoms with Gasteiger partial charge in [0.1, 0.15) is 0 Å². The molecule has 0 saturated carbocycles. The number of aromatic nitrogens is 2. The third-order valence-electron chi connectivity index (χ3n) is 3.21. The highest BCUT2D eigenvalue weighted by molar-refractivity contribution is 7.89. The fourth-order valence-electron chi connectivity index (χ4n) is 1.92. The molecule has 1 saturated heterocycles. The lowest BCUT2D eigenvalue weighted by Crippen LogP contribution is -2.34. The first-order chi connectivity index (χ1) is 9.90. The molecule has 1 unspecified atom stereocenters. The number of hydrogen-bond donors (Lipinski definition) is 2. The molecule has 1 aromatic heterocycles. The van der Waals surface area contributed by atoms with Gasteiger partial charge in [0.25, 0.3) is 11.7 Å². The molecule has 0 aliphatic carbocycles. The zero-order valence-corrected chi connectivity index (χ0v) is 12.8. The molecule has 2 rings (SSSR count). The summed E-state index contributed by atoms with van der Waals surface area (Å²) in [7, 11) is -0.456. The maximum atomic E-state index is 11.8. The maximum absolute atomic E-state index is 11.8. The normalized spacial score (nSPS) is 19.1. The third-order valence-corrected chi connectivity index (χ3v) is 5.04. The van der Waals surface area contributed by atoms with Gasteiger partial charge in [-0.2, -0.15) is 4.98 Å². The number of amides is 1. The van der Waals surface area contributed by atoms with Crippen molar-refractivity contribution in [1.82, 2.24) is 25.1 Å². The van der Waals surface area contributed by atoms with Crippen molar-refractivity contribution >= 4 is 15.9 Å². The van der Waals surface area contributed by atoms with E-state index in [0.717, 1.165) is 23.7 Å². The standard InChI is InChI=1S/C11H19N5O4S/c1-16(2)21(18,19)7-6-13-10(17)9-14-11(20-15-9)8-4-3-5-12-8/h8,12H,3-7H2,1-2H3,(H,13,17). The first kappa shape index (κ1) is 15.9. The monoisotopic (exact) mass is 317 g/mol. The molecule has 1 aliphatic rings. The van der Waals surface area contributed by atoms with Crippen LogP contribution in [0.5, 0.6) is 0 Å². The summed E-state index contributed by atoms with van der Waals surface area (Å²) in [4.78, 5) is 15.8. The first-order valence-electron chi connectivity index (χ1n) is 6.65. The highest BCUT2D eigenvalue weighted by Gasteiger charge is 2.24. The van der Waals surface area contributed by atoms with Crippen LogP contribution in [-0.2, 0) is 10.0 Å². The lowest BCUT2D eigenvalue weighted by atomic mass is 10.2. The number of sulfonamides is 1. The van der Waals surface area contributed by atoms with Crippen LogP contribution in [0.2, 0.25) is 0 Å². The van der Waals surface area contributed by atoms with E-state index < -0.39 is 15.9 Å². The maximum Gasteiger partial charge on any atom is 0.292 e. The van der Waals surface area contributed by atoms with Gasteiger partial charge in [0, 0.05) is 20.6 Å². The quantitative estimate of drug-likeness (QED) is 0.699. The molecule has 1 fully saturated rings. The van der Waals surface area contributed by atoms with E-state index in [-0.39, 0.29) is 24.2 Å². The Bertz CT molecular complexity index is 592. The minimum atomic E-state index is -3.34. The summed E-state index contributed by atoms with van der Waals surface area (Å²) in [5.41, 5.74) is 0. The van der Waals surface area contributed by atoms with Crippen molar-refractivity contribution in [2.45, 2.75) is 18.9 Å². The number of nitrogens with one attached hydrogen (secondary N) is 2. The zero-order chi connectivity index (χ0) is 15.5. The number of rotatable bonds is 6. The van der Waals surface area contributed by atoms with Crippen LogP contribution in [0.15, 0.2) is 4.52 Å². The summed E-state index contributed by atoms with van der Waals surface area (Å²) in [6.07, 6.45) is 1.92. The molecule has 118 valence electrons. The zero-order valence-electron chi connectivity index (χ0n) is 12.0. The van der Waals surface area contributed by atoms with Crippen molar-refractivity contribution in [3.8, 4) is 0 Å². The van der Waals surface area contributed by atoms with Gasteiger partial charge in [-0.3, -0.25) is 4.79 Å². The Balaban J connectivity index is 1.86. The van der Waals surface area contributed by atoms with Gasteiger partial charge in [0.2, 0.25) is 15.9 Å². The van der Waals surface area contributed by atoms with Gasteiger partial charge >= 0.3 is 0 Å². The Kier molecular flexibility index (Phi) is 4.91. The summed E-state index contributed by atoms with van der Waals surface area (Å²) in [6.45, 7) is 0.877. The van der Waals surface area contributed by atoms with Crippen molar-refractivity contribution in [2.75, 3.05) is 32.9 Å². The van der Waals surface area contributed by atoms with Gasteiger partial charge in [0.15, 0.2) is 0 Å². The fourth-order valence-corrected chi connectivity index (χ4v) is 2.64. The van der Waals surface area contributed by atoms with E-state index in [2.05, 4.69) is 20.8 Å². The van der Waals surface area contributed by atoms with Crippen molar-refractivity contribution in [3.05, 3.63) is 11.7 Å². The molecule has 2 N–H and O–H groups in total. The lowest BCUT2D eigenvalue weighted by Gasteiger charge is -2.10. The fraction of sp³-hybridized carbons (Fsp3) is 0.727. The highest BCUT2D eigenvalue weighted by Crippen LogP contribution is 2.20. The summed E-state index contributed by atoms with van der Waals surface area (Å²) in [5.74, 6) is -0.419. The number of carbonyl (C=O) groups is 1. The van der Waals surface area contributed by atoms with E-state index in [1.54, 1.807) is 0 Å². The van der Waals surface area contributed by atoms with E-state index in [9.17, 15) is 13.2 Å². The second-order valence-electron chi connectivity index (χ2n) is 4.96. The number of nitrogens with zero attached hydrogens (tertiary/aromatic N) is 3. The van der Waals surface area contributed by atoms with Crippen molar-refractivity contribution in [1.29, 1.82) is 0 Å². The van der Waals surface area contributed by atoms with E-state index in [1.807, 2.05) is 0 Å². The van der Waals surface area contributed by atoms with Gasteiger partial charge in [-0.1, -0.05) is 5.16 Å². The average Bonchev–Trinajstić information content (AvgIpc) is 3.09. The number of hydrogen-bond acceptors (Lipinski definition) is 7. The molecule has 9 nitrogen and oxygen atoms in total. The van der Waals surface area contributed by atoms with Crippen LogP contribution >= 0.6 is 0 Å². The molecule has 1 atom stereocenters. The Morgan fingerprint density at radius 2 is 2.29 bits per heavy atom. The number of carbonyl (C=O) groups excluding carboxylic acids is 1. The van der Waals surface area contributed by atoms with E-state index in [0.29, 0.717) is 5.89 Å². The summed E-state index contributed by atoms with van der Waals surface area (Å²) >= 11 is 0. The van der Waals surface area contributed by atoms with Gasteiger partial charge in [-0.15, -0.1) is 0 Å². The molecule has 0 bridgehead atoms. The first-order valence-corrected chi connectivity index (χ1v) is 8.26. The van der Waals surface area contributed by atoms with Gasteiger partial charge in [-0.05, 0) is 19.4 Å². The van der Waals surface area contributed by atoms with Gasteiger partial charge < -0.3 is 15.2 Å². The van der Waals surface area contributed by atoms with E-state index in [1.165, 1.54) is 14.1 Å². The highest BCUT2D eigenvalue weighted by atomic mass is 32.2. The van der Waals surface area contributed by atoms with E-state index in [4.69, 9.17) is 4.52 Å². The lowest BCUT2D eigenvalue weighted by molar-refractivity contribution is 0.0942. The molecular weight excluding hydrogens is 298 g/mol. The van der Waals surface area contributed by atoms with Crippen LogP contribution in [0.3, 0.4) is 0 Å². The molecule has 10 heteroatoms. The smallest absolute Gasteiger partial charge is 0.292 e. The Labute approximate surface area is 123 Å². The molecule has 2 heterocycles. The average molecular weight is 317 g/mol. The second kappa shape index (κ2) is 6.50. The summed E-state index contributed by atoms with van der Waals surface area (Å²) in [5, 5.41) is 9.26. The summed E-state index contributed by atoms with van der Waals surface area (Å²) in [6, 6.07) is -0.00633. The predicted molar refractivity (Wildman–Crippen MR) is 74.1 cm³/mol. The van der Waals surface area contributed by atoms with Crippen molar-refractivity contribution in [3.63, 3.8) is 0 Å². The Hall–Kier alpha value is -1.52. The molecule has 1 aliphatic heterocycles. The van der Waals surface area contributed by atoms with Crippen LogP contribution in [-0.4, -0.2) is 61.7 Å². The van der Waals surface area contributed by atoms with Gasteiger partial charge in [0.05, 0.1) is 11.8 Å². The Morgan fingerprint density at radius 3 is 2.90 bits per heavy atom. The minimum Gasteiger partial charge on any atom is -0.348 e. The molecule has 0 aromatic carbocycles.